The Morgan fingerprint density at radius 1 is 0.393 bits per heavy atom. The monoisotopic (exact) mass is 779 g/mol. The van der Waals surface area contributed by atoms with E-state index in [1.807, 2.05) is 0 Å². The zero-order chi connectivity index (χ0) is 40.3. The van der Waals surface area contributed by atoms with Gasteiger partial charge < -0.3 is 14.4 Å². The molecule has 1 aromatic heterocycles. The molecule has 3 nitrogen and oxygen atoms in total. The van der Waals surface area contributed by atoms with E-state index in [-0.39, 0.29) is 6.04 Å². The second-order valence-corrected chi connectivity index (χ2v) is 16.1. The predicted molar refractivity (Wildman–Crippen MR) is 257 cm³/mol. The molecule has 2 atom stereocenters. The standard InChI is InChI=1S/C58H41N3/c1-2-15-45(16-3-1)60-57-23-11-8-20-52(57)53-39-44(31-38-58(53)60)42-29-34-47(35-30-42)59(54-24-12-14-43-13-4-5-17-49(43)54)46-32-25-40(26-33-46)41-27-36-48(37-28-41)61-55-21-9-6-18-50(55)51-19-7-10-22-56(51)61/h1-39,52,57H. The molecule has 61 heavy (non-hydrogen) atoms. The Labute approximate surface area is 356 Å². The van der Waals surface area contributed by atoms with Gasteiger partial charge in [-0.1, -0.05) is 158 Å². The number of rotatable bonds is 7. The lowest BCUT2D eigenvalue weighted by atomic mass is 9.89. The summed E-state index contributed by atoms with van der Waals surface area (Å²) in [7, 11) is 0. The first-order chi connectivity index (χ1) is 30.3. The van der Waals surface area contributed by atoms with Gasteiger partial charge in [-0.05, 0) is 112 Å². The number of nitrogens with zero attached hydrogens (tertiary/aromatic N) is 3. The van der Waals surface area contributed by atoms with E-state index in [0.29, 0.717) is 5.92 Å². The summed E-state index contributed by atoms with van der Waals surface area (Å²) in [5.41, 5.74) is 15.6. The zero-order valence-electron chi connectivity index (χ0n) is 33.5. The van der Waals surface area contributed by atoms with Crippen LogP contribution < -0.4 is 9.80 Å². The molecule has 0 radical (unpaired) electrons. The van der Waals surface area contributed by atoms with E-state index in [1.165, 1.54) is 71.8 Å². The van der Waals surface area contributed by atoms with Crippen molar-refractivity contribution < 1.29 is 0 Å². The Morgan fingerprint density at radius 3 is 1.62 bits per heavy atom. The van der Waals surface area contributed by atoms with Crippen LogP contribution >= 0.6 is 0 Å². The normalized spacial score (nSPS) is 15.4. The van der Waals surface area contributed by atoms with E-state index in [9.17, 15) is 0 Å². The SMILES string of the molecule is C1=CC2c3cc(-c4ccc(N(c5ccc(-c6ccc(-n7c8ccccc8c8ccccc87)cc6)cc5)c5cccc6ccccc56)cc4)ccc3N(c3ccccc3)C2C=C1. The Kier molecular flexibility index (Phi) is 8.31. The minimum absolute atomic E-state index is 0.270. The summed E-state index contributed by atoms with van der Waals surface area (Å²) in [4.78, 5) is 4.88. The number of para-hydroxylation sites is 3. The van der Waals surface area contributed by atoms with E-state index in [1.54, 1.807) is 0 Å². The molecule has 2 heterocycles. The van der Waals surface area contributed by atoms with Gasteiger partial charge in [0.2, 0.25) is 0 Å². The van der Waals surface area contributed by atoms with Crippen LogP contribution in [-0.4, -0.2) is 10.6 Å². The molecule has 1 aliphatic carbocycles. The van der Waals surface area contributed by atoms with Crippen LogP contribution in [0.1, 0.15) is 11.5 Å². The summed E-state index contributed by atoms with van der Waals surface area (Å²) in [6.45, 7) is 0. The van der Waals surface area contributed by atoms with Crippen LogP contribution in [0, 0.1) is 0 Å². The van der Waals surface area contributed by atoms with Crippen molar-refractivity contribution in [2.75, 3.05) is 9.80 Å². The fraction of sp³-hybridized carbons (Fsp3) is 0.0345. The number of aromatic nitrogens is 1. The van der Waals surface area contributed by atoms with Crippen molar-refractivity contribution >= 4 is 61.0 Å². The van der Waals surface area contributed by atoms with Crippen molar-refractivity contribution in [3.63, 3.8) is 0 Å². The van der Waals surface area contributed by atoms with Crippen molar-refractivity contribution in [3.05, 3.63) is 242 Å². The van der Waals surface area contributed by atoms with Crippen LogP contribution in [0.3, 0.4) is 0 Å². The van der Waals surface area contributed by atoms with Gasteiger partial charge in [-0.25, -0.2) is 0 Å². The van der Waals surface area contributed by atoms with Crippen LogP contribution in [-0.2, 0) is 0 Å². The zero-order valence-corrected chi connectivity index (χ0v) is 33.5. The summed E-state index contributed by atoms with van der Waals surface area (Å²) in [5, 5.41) is 4.98. The maximum atomic E-state index is 2.49. The number of benzene rings is 9. The van der Waals surface area contributed by atoms with Gasteiger partial charge in [-0.3, -0.25) is 0 Å². The van der Waals surface area contributed by atoms with Gasteiger partial charge in [-0.15, -0.1) is 0 Å². The van der Waals surface area contributed by atoms with Crippen molar-refractivity contribution in [1.29, 1.82) is 0 Å². The molecule has 2 aliphatic rings. The highest BCUT2D eigenvalue weighted by molar-refractivity contribution is 6.09. The van der Waals surface area contributed by atoms with E-state index in [2.05, 4.69) is 251 Å². The van der Waals surface area contributed by atoms with Gasteiger partial charge in [0.25, 0.3) is 0 Å². The third kappa shape index (κ3) is 5.89. The van der Waals surface area contributed by atoms with E-state index in [0.717, 1.165) is 22.7 Å². The highest BCUT2D eigenvalue weighted by Crippen LogP contribution is 2.49. The first-order valence-electron chi connectivity index (χ1n) is 21.2. The van der Waals surface area contributed by atoms with E-state index < -0.39 is 0 Å². The van der Waals surface area contributed by atoms with Crippen molar-refractivity contribution in [1.82, 2.24) is 4.57 Å². The smallest absolute Gasteiger partial charge is 0.0629 e. The lowest BCUT2D eigenvalue weighted by Gasteiger charge is -2.28. The van der Waals surface area contributed by atoms with E-state index >= 15 is 0 Å². The fourth-order valence-corrected chi connectivity index (χ4v) is 9.85. The molecule has 3 heteroatoms. The van der Waals surface area contributed by atoms with Gasteiger partial charge >= 0.3 is 0 Å². The van der Waals surface area contributed by atoms with Gasteiger partial charge in [0.15, 0.2) is 0 Å². The third-order valence-corrected chi connectivity index (χ3v) is 12.7. The summed E-state index contributed by atoms with van der Waals surface area (Å²) in [5.74, 6) is 0.308. The second-order valence-electron chi connectivity index (χ2n) is 16.1. The van der Waals surface area contributed by atoms with Crippen molar-refractivity contribution in [2.45, 2.75) is 12.0 Å². The third-order valence-electron chi connectivity index (χ3n) is 12.7. The van der Waals surface area contributed by atoms with E-state index in [4.69, 9.17) is 0 Å². The molecule has 0 N–H and O–H groups in total. The molecule has 0 amide bonds. The minimum Gasteiger partial charge on any atom is -0.333 e. The molecule has 0 spiro atoms. The number of allylic oxidation sites excluding steroid dienone is 2. The molecule has 288 valence electrons. The molecule has 0 fully saturated rings. The first kappa shape index (κ1) is 35.1. The highest BCUT2D eigenvalue weighted by Gasteiger charge is 2.37. The lowest BCUT2D eigenvalue weighted by Crippen LogP contribution is -2.28. The van der Waals surface area contributed by atoms with Crippen LogP contribution in [0.5, 0.6) is 0 Å². The molecular formula is C58H41N3. The summed E-state index contributed by atoms with van der Waals surface area (Å²) in [6.07, 6.45) is 9.07. The molecule has 1 aliphatic heterocycles. The van der Waals surface area contributed by atoms with Gasteiger partial charge in [-0.2, -0.15) is 0 Å². The van der Waals surface area contributed by atoms with Crippen LogP contribution in [0.25, 0.3) is 60.5 Å². The van der Waals surface area contributed by atoms with Gasteiger partial charge in [0.05, 0.1) is 22.8 Å². The number of hydrogen-bond donors (Lipinski definition) is 0. The van der Waals surface area contributed by atoms with Crippen LogP contribution in [0.2, 0.25) is 0 Å². The fourth-order valence-electron chi connectivity index (χ4n) is 9.85. The second kappa shape index (κ2) is 14.4. The molecule has 0 saturated heterocycles. The molecular weight excluding hydrogens is 739 g/mol. The molecule has 10 aromatic rings. The maximum absolute atomic E-state index is 2.49. The first-order valence-corrected chi connectivity index (χ1v) is 21.2. The van der Waals surface area contributed by atoms with Gasteiger partial charge in [0.1, 0.15) is 0 Å². The highest BCUT2D eigenvalue weighted by atomic mass is 15.2. The lowest BCUT2D eigenvalue weighted by molar-refractivity contribution is 0.745. The Bertz CT molecular complexity index is 3240. The van der Waals surface area contributed by atoms with Gasteiger partial charge in [0, 0.05) is 50.5 Å². The largest absolute Gasteiger partial charge is 0.333 e. The molecule has 9 aromatic carbocycles. The van der Waals surface area contributed by atoms with Crippen LogP contribution in [0.4, 0.5) is 28.4 Å². The average molecular weight is 780 g/mol. The summed E-state index contributed by atoms with van der Waals surface area (Å²) in [6, 6.07) is 77.8. The van der Waals surface area contributed by atoms with Crippen LogP contribution in [0.15, 0.2) is 237 Å². The number of anilines is 5. The Balaban J connectivity index is 0.887. The minimum atomic E-state index is 0.270. The average Bonchev–Trinajstić information content (AvgIpc) is 3.85. The topological polar surface area (TPSA) is 11.4 Å². The Hall–Kier alpha value is -7.88. The predicted octanol–water partition coefficient (Wildman–Crippen LogP) is 15.5. The Morgan fingerprint density at radius 2 is 0.934 bits per heavy atom. The van der Waals surface area contributed by atoms with Crippen molar-refractivity contribution in [2.24, 2.45) is 0 Å². The molecule has 2 unspecified atom stereocenters. The maximum Gasteiger partial charge on any atom is 0.0629 e. The quantitative estimate of drug-likeness (QED) is 0.160. The summed E-state index contributed by atoms with van der Waals surface area (Å²) < 4.78 is 2.37. The number of hydrogen-bond acceptors (Lipinski definition) is 2. The number of fused-ring (bicyclic) bond motifs is 7. The molecule has 12 rings (SSSR count). The van der Waals surface area contributed by atoms with Crippen molar-refractivity contribution in [3.8, 4) is 27.9 Å². The molecule has 0 bridgehead atoms. The summed E-state index contributed by atoms with van der Waals surface area (Å²) >= 11 is 0. The molecule has 0 saturated carbocycles.